The summed E-state index contributed by atoms with van der Waals surface area (Å²) >= 11 is 1.63. The molecule has 0 aromatic heterocycles. The van der Waals surface area contributed by atoms with Crippen molar-refractivity contribution >= 4 is 22.0 Å². The molecule has 0 saturated carbocycles. The molecule has 8 heteroatoms. The fourth-order valence-electron chi connectivity index (χ4n) is 2.91. The van der Waals surface area contributed by atoms with Gasteiger partial charge in [-0.25, -0.2) is 4.39 Å². The average molecular weight is 360 g/mol. The molecule has 2 aliphatic heterocycles. The minimum Gasteiger partial charge on any atom is -0.379 e. The van der Waals surface area contributed by atoms with E-state index in [2.05, 4.69) is 0 Å². The zero-order chi connectivity index (χ0) is 16.3. The van der Waals surface area contributed by atoms with Crippen molar-refractivity contribution in [3.05, 3.63) is 35.6 Å². The van der Waals surface area contributed by atoms with Crippen molar-refractivity contribution in [2.45, 2.75) is 11.7 Å². The van der Waals surface area contributed by atoms with Gasteiger partial charge in [-0.05, 0) is 12.5 Å². The van der Waals surface area contributed by atoms with Gasteiger partial charge in [0.2, 0.25) is 0 Å². The first-order chi connectivity index (χ1) is 11.1. The molecule has 2 fully saturated rings. The Morgan fingerprint density at radius 2 is 1.78 bits per heavy atom. The van der Waals surface area contributed by atoms with E-state index in [-0.39, 0.29) is 11.1 Å². The Morgan fingerprint density at radius 3 is 2.52 bits per heavy atom. The van der Waals surface area contributed by atoms with Crippen LogP contribution in [0.3, 0.4) is 0 Å². The van der Waals surface area contributed by atoms with Crippen molar-refractivity contribution in [3.63, 3.8) is 0 Å². The molecule has 2 aliphatic rings. The Morgan fingerprint density at radius 1 is 1.09 bits per heavy atom. The number of thioether (sulfide) groups is 1. The van der Waals surface area contributed by atoms with Crippen molar-refractivity contribution in [1.29, 1.82) is 0 Å². The molecule has 1 aromatic carbocycles. The van der Waals surface area contributed by atoms with Crippen LogP contribution < -0.4 is 0 Å². The second-order valence-electron chi connectivity index (χ2n) is 5.59. The maximum absolute atomic E-state index is 14.0. The van der Waals surface area contributed by atoms with Crippen LogP contribution >= 0.6 is 11.8 Å². The van der Waals surface area contributed by atoms with Gasteiger partial charge >= 0.3 is 0 Å². The zero-order valence-electron chi connectivity index (χ0n) is 12.9. The monoisotopic (exact) mass is 360 g/mol. The summed E-state index contributed by atoms with van der Waals surface area (Å²) in [5.41, 5.74) is 0.670. The molecule has 0 bridgehead atoms. The van der Waals surface area contributed by atoms with Crippen LogP contribution in [0.25, 0.3) is 0 Å². The molecule has 128 valence electrons. The normalized spacial score (nSPS) is 25.2. The molecule has 0 aliphatic carbocycles. The van der Waals surface area contributed by atoms with E-state index < -0.39 is 10.2 Å². The standard InChI is InChI=1S/C15H21FN2O3S2/c16-14-4-2-1-3-13(14)15-5-6-17(9-12-22-15)23(19,20)18-7-10-21-11-8-18/h1-4,15H,5-12H2. The highest BCUT2D eigenvalue weighted by Crippen LogP contribution is 2.36. The van der Waals surface area contributed by atoms with E-state index in [1.807, 2.05) is 6.07 Å². The third kappa shape index (κ3) is 3.88. The smallest absolute Gasteiger partial charge is 0.282 e. The van der Waals surface area contributed by atoms with Gasteiger partial charge in [0.05, 0.1) is 13.2 Å². The number of nitrogens with zero attached hydrogens (tertiary/aromatic N) is 2. The van der Waals surface area contributed by atoms with E-state index in [9.17, 15) is 12.8 Å². The predicted octanol–water partition coefficient (Wildman–Crippen LogP) is 1.88. The third-order valence-electron chi connectivity index (χ3n) is 4.18. The number of morpholine rings is 1. The van der Waals surface area contributed by atoms with Gasteiger partial charge in [-0.1, -0.05) is 18.2 Å². The van der Waals surface area contributed by atoms with Crippen molar-refractivity contribution in [1.82, 2.24) is 8.61 Å². The zero-order valence-corrected chi connectivity index (χ0v) is 14.5. The number of benzene rings is 1. The largest absolute Gasteiger partial charge is 0.379 e. The molecule has 0 amide bonds. The minimum absolute atomic E-state index is 0.00101. The second-order valence-corrected chi connectivity index (χ2v) is 8.83. The van der Waals surface area contributed by atoms with Crippen molar-refractivity contribution < 1.29 is 17.5 Å². The average Bonchev–Trinajstić information content (AvgIpc) is 2.83. The second kappa shape index (κ2) is 7.48. The van der Waals surface area contributed by atoms with Gasteiger partial charge in [-0.2, -0.15) is 28.8 Å². The SMILES string of the molecule is O=S(=O)(N1CCOCC1)N1CCSC(c2ccccc2F)CC1. The maximum atomic E-state index is 14.0. The van der Waals surface area contributed by atoms with Crippen LogP contribution in [-0.4, -0.2) is 62.2 Å². The fourth-order valence-corrected chi connectivity index (χ4v) is 5.87. The Kier molecular flexibility index (Phi) is 5.58. The molecule has 5 nitrogen and oxygen atoms in total. The fraction of sp³-hybridized carbons (Fsp3) is 0.600. The lowest BCUT2D eigenvalue weighted by molar-refractivity contribution is 0.0703. The lowest BCUT2D eigenvalue weighted by Gasteiger charge is -2.31. The van der Waals surface area contributed by atoms with Gasteiger partial charge < -0.3 is 4.74 Å². The van der Waals surface area contributed by atoms with E-state index in [0.29, 0.717) is 57.1 Å². The molecule has 2 saturated heterocycles. The highest BCUT2D eigenvalue weighted by atomic mass is 32.2. The Balaban J connectivity index is 1.70. The van der Waals surface area contributed by atoms with Crippen LogP contribution in [0.4, 0.5) is 4.39 Å². The first-order valence-electron chi connectivity index (χ1n) is 7.78. The molecular formula is C15H21FN2O3S2. The van der Waals surface area contributed by atoms with Crippen molar-refractivity contribution in [3.8, 4) is 0 Å². The molecule has 1 aromatic rings. The molecule has 0 spiro atoms. The maximum Gasteiger partial charge on any atom is 0.282 e. The highest BCUT2D eigenvalue weighted by molar-refractivity contribution is 7.99. The van der Waals surface area contributed by atoms with Gasteiger partial charge in [-0.15, -0.1) is 0 Å². The van der Waals surface area contributed by atoms with Gasteiger partial charge in [0.1, 0.15) is 5.82 Å². The number of ether oxygens (including phenoxy) is 1. The minimum atomic E-state index is -3.44. The topological polar surface area (TPSA) is 49.9 Å². The number of rotatable bonds is 3. The number of hydrogen-bond acceptors (Lipinski definition) is 4. The van der Waals surface area contributed by atoms with Crippen LogP contribution in [0.5, 0.6) is 0 Å². The molecule has 1 unspecified atom stereocenters. The summed E-state index contributed by atoms with van der Waals surface area (Å²) in [5.74, 6) is 0.456. The van der Waals surface area contributed by atoms with Crippen LogP contribution in [-0.2, 0) is 14.9 Å². The highest BCUT2D eigenvalue weighted by Gasteiger charge is 2.33. The van der Waals surface area contributed by atoms with Crippen LogP contribution in [0, 0.1) is 5.82 Å². The van der Waals surface area contributed by atoms with Crippen molar-refractivity contribution in [2.75, 3.05) is 45.1 Å². The first-order valence-corrected chi connectivity index (χ1v) is 10.2. The summed E-state index contributed by atoms with van der Waals surface area (Å²) in [6.45, 7) is 2.59. The third-order valence-corrected chi connectivity index (χ3v) is 7.52. The lowest BCUT2D eigenvalue weighted by atomic mass is 10.1. The van der Waals surface area contributed by atoms with Gasteiger partial charge in [0.15, 0.2) is 0 Å². The summed E-state index contributed by atoms with van der Waals surface area (Å²) in [6.07, 6.45) is 0.620. The molecule has 0 N–H and O–H groups in total. The molecule has 3 rings (SSSR count). The Hall–Kier alpha value is -0.670. The number of hydrogen-bond donors (Lipinski definition) is 0. The Bertz CT molecular complexity index is 635. The summed E-state index contributed by atoms with van der Waals surface area (Å²) in [6, 6.07) is 6.75. The first kappa shape index (κ1) is 17.2. The molecule has 2 heterocycles. The van der Waals surface area contributed by atoms with Crippen molar-refractivity contribution in [2.24, 2.45) is 0 Å². The van der Waals surface area contributed by atoms with E-state index in [0.717, 1.165) is 0 Å². The van der Waals surface area contributed by atoms with E-state index in [1.165, 1.54) is 14.7 Å². The van der Waals surface area contributed by atoms with Gasteiger partial charge in [0, 0.05) is 42.7 Å². The molecule has 0 radical (unpaired) electrons. The summed E-state index contributed by atoms with van der Waals surface area (Å²) in [5, 5.41) is 0.00101. The van der Waals surface area contributed by atoms with Gasteiger partial charge in [0.25, 0.3) is 10.2 Å². The van der Waals surface area contributed by atoms with E-state index in [4.69, 9.17) is 4.74 Å². The summed E-state index contributed by atoms with van der Waals surface area (Å²) in [7, 11) is -3.44. The summed E-state index contributed by atoms with van der Waals surface area (Å²) < 4.78 is 47.6. The van der Waals surface area contributed by atoms with E-state index >= 15 is 0 Å². The van der Waals surface area contributed by atoms with Gasteiger partial charge in [-0.3, -0.25) is 0 Å². The van der Waals surface area contributed by atoms with Crippen LogP contribution in [0.1, 0.15) is 17.2 Å². The molecule has 23 heavy (non-hydrogen) atoms. The predicted molar refractivity (Wildman–Crippen MR) is 89.1 cm³/mol. The quantitative estimate of drug-likeness (QED) is 0.826. The lowest BCUT2D eigenvalue weighted by Crippen LogP contribution is -2.49. The number of halogens is 1. The molecular weight excluding hydrogens is 339 g/mol. The van der Waals surface area contributed by atoms with Crippen LogP contribution in [0.15, 0.2) is 24.3 Å². The summed E-state index contributed by atoms with van der Waals surface area (Å²) in [4.78, 5) is 0. The van der Waals surface area contributed by atoms with E-state index in [1.54, 1.807) is 23.9 Å². The Labute approximate surface area is 141 Å². The molecule has 1 atom stereocenters. The van der Waals surface area contributed by atoms with Crippen LogP contribution in [0.2, 0.25) is 0 Å².